The number of hydrogen-bond acceptors (Lipinski definition) is 4. The zero-order valence-electron chi connectivity index (χ0n) is 19.8. The molecule has 2 heterocycles. The lowest BCUT2D eigenvalue weighted by molar-refractivity contribution is 0.0978. The smallest absolute Gasteiger partial charge is 0.162 e. The lowest BCUT2D eigenvalue weighted by Gasteiger charge is -2.08. The first kappa shape index (κ1) is 22.7. The third kappa shape index (κ3) is 5.39. The van der Waals surface area contributed by atoms with E-state index in [0.717, 1.165) is 35.5 Å². The van der Waals surface area contributed by atoms with E-state index in [1.807, 2.05) is 60.8 Å². The number of benzene rings is 3. The van der Waals surface area contributed by atoms with E-state index in [9.17, 15) is 4.79 Å². The van der Waals surface area contributed by atoms with Gasteiger partial charge in [0, 0.05) is 29.7 Å². The first-order valence-electron chi connectivity index (χ1n) is 11.9. The highest BCUT2D eigenvalue weighted by Crippen LogP contribution is 2.20. The Hall–Kier alpha value is -4.03. The number of carbonyl (C=O) groups is 1. The van der Waals surface area contributed by atoms with Gasteiger partial charge >= 0.3 is 0 Å². The van der Waals surface area contributed by atoms with E-state index in [1.165, 1.54) is 16.6 Å². The summed E-state index contributed by atoms with van der Waals surface area (Å²) in [6.45, 7) is 3.87. The zero-order chi connectivity index (χ0) is 24.0. The Morgan fingerprint density at radius 1 is 0.914 bits per heavy atom. The number of ether oxygens (including phenoxy) is 1. The van der Waals surface area contributed by atoms with Crippen LogP contribution in [0.25, 0.3) is 16.6 Å². The number of aryl methyl sites for hydroxylation is 2. The molecule has 0 saturated carbocycles. The van der Waals surface area contributed by atoms with Gasteiger partial charge in [0.1, 0.15) is 5.69 Å². The van der Waals surface area contributed by atoms with Crippen molar-refractivity contribution in [2.75, 3.05) is 0 Å². The third-order valence-corrected chi connectivity index (χ3v) is 6.16. The molecule has 35 heavy (non-hydrogen) atoms. The topological polar surface area (TPSA) is 61.9 Å². The van der Waals surface area contributed by atoms with Crippen molar-refractivity contribution in [2.45, 2.75) is 39.5 Å². The fourth-order valence-corrected chi connectivity index (χ4v) is 4.33. The lowest BCUT2D eigenvalue weighted by Crippen LogP contribution is -2.05. The predicted octanol–water partition coefficient (Wildman–Crippen LogP) is 5.91. The Balaban J connectivity index is 1.14. The van der Waals surface area contributed by atoms with E-state index >= 15 is 0 Å². The fraction of sp³-hybridized carbons (Fsp3) is 0.207. The Morgan fingerprint density at radius 3 is 2.51 bits per heavy atom. The van der Waals surface area contributed by atoms with Gasteiger partial charge in [-0.25, -0.2) is 4.68 Å². The molecular weight excluding hydrogens is 436 g/mol. The molecule has 0 atom stereocenters. The van der Waals surface area contributed by atoms with Crippen LogP contribution in [0.4, 0.5) is 0 Å². The zero-order valence-corrected chi connectivity index (χ0v) is 19.8. The number of rotatable bonds is 10. The quantitative estimate of drug-likeness (QED) is 0.241. The maximum atomic E-state index is 12.7. The molecule has 6 heteroatoms. The van der Waals surface area contributed by atoms with Gasteiger partial charge in [0.25, 0.3) is 0 Å². The normalized spacial score (nSPS) is 11.2. The number of nitrogens with zero attached hydrogens (tertiary/aromatic N) is 4. The van der Waals surface area contributed by atoms with Gasteiger partial charge in [-0.05, 0) is 60.7 Å². The van der Waals surface area contributed by atoms with Gasteiger partial charge in [-0.2, -0.15) is 0 Å². The molecule has 0 aliphatic heterocycles. The number of fused-ring (bicyclic) bond motifs is 1. The second kappa shape index (κ2) is 10.5. The monoisotopic (exact) mass is 464 g/mol. The highest BCUT2D eigenvalue weighted by atomic mass is 16.5. The molecule has 0 amide bonds. The first-order valence-corrected chi connectivity index (χ1v) is 11.9. The van der Waals surface area contributed by atoms with Gasteiger partial charge in [0.05, 0.1) is 25.1 Å². The number of carbonyl (C=O) groups excluding carboxylic acids is 1. The van der Waals surface area contributed by atoms with Gasteiger partial charge in [-0.1, -0.05) is 53.7 Å². The molecule has 0 spiro atoms. The average molecular weight is 465 g/mol. The molecule has 0 bridgehead atoms. The highest BCUT2D eigenvalue weighted by Gasteiger charge is 2.10. The standard InChI is InChI=1S/C29H28N4O2/c1-22-18-25-10-5-6-11-28(25)32(22)17-7-12-29(34)24-13-15-27(16-14-24)33-19-26(30-31-33)21-35-20-23-8-3-2-4-9-23/h2-6,8-11,13-16,18-19H,7,12,17,20-21H2,1H3. The van der Waals surface area contributed by atoms with Gasteiger partial charge in [-0.15, -0.1) is 5.10 Å². The second-order valence-electron chi connectivity index (χ2n) is 8.70. The molecule has 0 aliphatic rings. The molecule has 0 saturated heterocycles. The summed E-state index contributed by atoms with van der Waals surface area (Å²) in [6, 6.07) is 28.1. The van der Waals surface area contributed by atoms with Crippen molar-refractivity contribution >= 4 is 16.7 Å². The third-order valence-electron chi connectivity index (χ3n) is 6.16. The minimum absolute atomic E-state index is 0.152. The molecule has 6 nitrogen and oxygen atoms in total. The number of ketones is 1. The van der Waals surface area contributed by atoms with E-state index in [0.29, 0.717) is 19.6 Å². The van der Waals surface area contributed by atoms with Crippen molar-refractivity contribution in [1.82, 2.24) is 19.6 Å². The van der Waals surface area contributed by atoms with E-state index < -0.39 is 0 Å². The van der Waals surface area contributed by atoms with Crippen molar-refractivity contribution in [3.63, 3.8) is 0 Å². The Morgan fingerprint density at radius 2 is 1.69 bits per heavy atom. The summed E-state index contributed by atoms with van der Waals surface area (Å²) in [5.41, 5.74) is 5.90. The number of para-hydroxylation sites is 1. The summed E-state index contributed by atoms with van der Waals surface area (Å²) in [6.07, 6.45) is 3.17. The van der Waals surface area contributed by atoms with Gasteiger partial charge in [0.15, 0.2) is 5.78 Å². The average Bonchev–Trinajstić information content (AvgIpc) is 3.49. The van der Waals surface area contributed by atoms with Crippen molar-refractivity contribution < 1.29 is 9.53 Å². The Kier molecular flexibility index (Phi) is 6.82. The summed E-state index contributed by atoms with van der Waals surface area (Å²) in [5, 5.41) is 9.63. The maximum Gasteiger partial charge on any atom is 0.162 e. The van der Waals surface area contributed by atoms with Crippen LogP contribution in [0.15, 0.2) is 91.1 Å². The van der Waals surface area contributed by atoms with Crippen molar-refractivity contribution in [1.29, 1.82) is 0 Å². The minimum atomic E-state index is 0.152. The number of hydrogen-bond donors (Lipinski definition) is 0. The van der Waals surface area contributed by atoms with Crippen molar-refractivity contribution in [3.8, 4) is 5.69 Å². The Bertz CT molecular complexity index is 1420. The molecule has 5 rings (SSSR count). The van der Waals surface area contributed by atoms with Gasteiger partial charge in [0.2, 0.25) is 0 Å². The van der Waals surface area contributed by atoms with Gasteiger partial charge in [-0.3, -0.25) is 4.79 Å². The summed E-state index contributed by atoms with van der Waals surface area (Å²) >= 11 is 0. The summed E-state index contributed by atoms with van der Waals surface area (Å²) in [7, 11) is 0. The first-order chi connectivity index (χ1) is 17.2. The van der Waals surface area contributed by atoms with E-state index in [4.69, 9.17) is 4.74 Å². The van der Waals surface area contributed by atoms with Gasteiger partial charge < -0.3 is 9.30 Å². The van der Waals surface area contributed by atoms with Crippen LogP contribution in [0.5, 0.6) is 0 Å². The van der Waals surface area contributed by atoms with Crippen LogP contribution in [0.3, 0.4) is 0 Å². The minimum Gasteiger partial charge on any atom is -0.370 e. The molecule has 3 aromatic carbocycles. The molecule has 0 radical (unpaired) electrons. The van der Waals surface area contributed by atoms with Crippen molar-refractivity contribution in [3.05, 3.63) is 114 Å². The largest absolute Gasteiger partial charge is 0.370 e. The second-order valence-corrected chi connectivity index (χ2v) is 8.70. The van der Waals surface area contributed by atoms with E-state index in [-0.39, 0.29) is 5.78 Å². The fourth-order valence-electron chi connectivity index (χ4n) is 4.33. The molecule has 176 valence electrons. The summed E-state index contributed by atoms with van der Waals surface area (Å²) in [5.74, 6) is 0.152. The van der Waals surface area contributed by atoms with Crippen LogP contribution < -0.4 is 0 Å². The molecule has 0 unspecified atom stereocenters. The SMILES string of the molecule is Cc1cc2ccccc2n1CCCC(=O)c1ccc(-n2cc(COCc3ccccc3)nn2)cc1. The van der Waals surface area contributed by atoms with Crippen LogP contribution in [-0.4, -0.2) is 25.3 Å². The van der Waals surface area contributed by atoms with Crippen LogP contribution in [-0.2, 0) is 24.5 Å². The van der Waals surface area contributed by atoms with Crippen LogP contribution in [0, 0.1) is 6.92 Å². The molecule has 0 aliphatic carbocycles. The number of Topliss-reactive ketones (excluding diaryl/α,β-unsaturated/α-hetero) is 1. The predicted molar refractivity (Wildman–Crippen MR) is 137 cm³/mol. The van der Waals surface area contributed by atoms with Crippen LogP contribution in [0.1, 0.15) is 40.2 Å². The summed E-state index contributed by atoms with van der Waals surface area (Å²) in [4.78, 5) is 12.7. The summed E-state index contributed by atoms with van der Waals surface area (Å²) < 4.78 is 9.73. The molecule has 2 aromatic heterocycles. The van der Waals surface area contributed by atoms with E-state index in [1.54, 1.807) is 4.68 Å². The molecular formula is C29H28N4O2. The lowest BCUT2D eigenvalue weighted by atomic mass is 10.1. The maximum absolute atomic E-state index is 12.7. The van der Waals surface area contributed by atoms with Crippen LogP contribution >= 0.6 is 0 Å². The Labute approximate surface area is 204 Å². The van der Waals surface area contributed by atoms with Crippen molar-refractivity contribution in [2.24, 2.45) is 0 Å². The highest BCUT2D eigenvalue weighted by molar-refractivity contribution is 5.96. The molecule has 0 fully saturated rings. The number of aromatic nitrogens is 4. The van der Waals surface area contributed by atoms with E-state index in [2.05, 4.69) is 52.1 Å². The molecule has 0 N–H and O–H groups in total. The molecule has 5 aromatic rings. The van der Waals surface area contributed by atoms with Crippen LogP contribution in [0.2, 0.25) is 0 Å².